The van der Waals surface area contributed by atoms with Crippen molar-refractivity contribution in [3.8, 4) is 0 Å². The molecule has 0 amide bonds. The van der Waals surface area contributed by atoms with Crippen LogP contribution in [-0.4, -0.2) is 17.1 Å². The normalized spacial score (nSPS) is 18.9. The Balaban J connectivity index is 0.00000162. The minimum atomic E-state index is -0.882. The van der Waals surface area contributed by atoms with Crippen molar-refractivity contribution in [2.24, 2.45) is 5.73 Å². The molecular formula is C14H18ClNO2. The van der Waals surface area contributed by atoms with Crippen molar-refractivity contribution < 1.29 is 9.90 Å². The number of hydrogen-bond acceptors (Lipinski definition) is 2. The Morgan fingerprint density at radius 3 is 2.28 bits per heavy atom. The summed E-state index contributed by atoms with van der Waals surface area (Å²) < 4.78 is 0. The summed E-state index contributed by atoms with van der Waals surface area (Å²) in [5, 5.41) is 8.80. The van der Waals surface area contributed by atoms with Crippen LogP contribution < -0.4 is 5.73 Å². The summed E-state index contributed by atoms with van der Waals surface area (Å²) in [7, 11) is 0. The number of carboxylic acid groups (broad SMARTS) is 1. The van der Waals surface area contributed by atoms with Gasteiger partial charge in [-0.15, -0.1) is 12.4 Å². The van der Waals surface area contributed by atoms with Crippen LogP contribution in [0.15, 0.2) is 29.8 Å². The number of rotatable bonds is 2. The van der Waals surface area contributed by atoms with Crippen molar-refractivity contribution in [1.82, 2.24) is 0 Å². The highest BCUT2D eigenvalue weighted by molar-refractivity contribution is 5.87. The third kappa shape index (κ3) is 3.86. The number of aromatic carboxylic acids is 1. The molecule has 1 fully saturated rings. The zero-order chi connectivity index (χ0) is 12.3. The van der Waals surface area contributed by atoms with Crippen LogP contribution in [0, 0.1) is 0 Å². The lowest BCUT2D eigenvalue weighted by molar-refractivity contribution is 0.0697. The lowest BCUT2D eigenvalue weighted by Crippen LogP contribution is -2.23. The van der Waals surface area contributed by atoms with Crippen LogP contribution in [0.2, 0.25) is 0 Å². The number of nitrogens with two attached hydrogens (primary N) is 1. The fraction of sp³-hybridized carbons (Fsp3) is 0.357. The van der Waals surface area contributed by atoms with Gasteiger partial charge in [0.15, 0.2) is 0 Å². The predicted molar refractivity (Wildman–Crippen MR) is 75.1 cm³/mol. The van der Waals surface area contributed by atoms with Crippen molar-refractivity contribution in [3.05, 3.63) is 41.0 Å². The second-order valence-corrected chi connectivity index (χ2v) is 4.57. The summed E-state index contributed by atoms with van der Waals surface area (Å²) in [5.41, 5.74) is 8.66. The molecule has 98 valence electrons. The second kappa shape index (κ2) is 6.57. The molecule has 1 aromatic rings. The number of halogens is 1. The summed E-state index contributed by atoms with van der Waals surface area (Å²) in [6.45, 7) is 0. The second-order valence-electron chi connectivity index (χ2n) is 4.57. The molecule has 1 saturated carbocycles. The highest BCUT2D eigenvalue weighted by Crippen LogP contribution is 2.24. The van der Waals surface area contributed by atoms with Gasteiger partial charge in [-0.1, -0.05) is 23.8 Å². The highest BCUT2D eigenvalue weighted by atomic mass is 35.5. The monoisotopic (exact) mass is 267 g/mol. The molecular weight excluding hydrogens is 250 g/mol. The van der Waals surface area contributed by atoms with E-state index in [0.717, 1.165) is 31.2 Å². The largest absolute Gasteiger partial charge is 0.478 e. The smallest absolute Gasteiger partial charge is 0.335 e. The van der Waals surface area contributed by atoms with Crippen LogP contribution in [0.25, 0.3) is 6.08 Å². The lowest BCUT2D eigenvalue weighted by Gasteiger charge is -2.20. The van der Waals surface area contributed by atoms with Gasteiger partial charge in [-0.2, -0.15) is 0 Å². The molecule has 4 heteroatoms. The van der Waals surface area contributed by atoms with E-state index in [1.54, 1.807) is 12.1 Å². The lowest BCUT2D eigenvalue weighted by atomic mass is 9.90. The summed E-state index contributed by atoms with van der Waals surface area (Å²) in [6.07, 6.45) is 6.37. The minimum absolute atomic E-state index is 0. The highest BCUT2D eigenvalue weighted by Gasteiger charge is 2.12. The van der Waals surface area contributed by atoms with Gasteiger partial charge in [0.2, 0.25) is 0 Å². The van der Waals surface area contributed by atoms with Gasteiger partial charge in [-0.05, 0) is 43.4 Å². The number of allylic oxidation sites excluding steroid dienone is 1. The topological polar surface area (TPSA) is 63.3 Å². The Morgan fingerprint density at radius 1 is 1.22 bits per heavy atom. The maximum absolute atomic E-state index is 10.7. The average molecular weight is 268 g/mol. The predicted octanol–water partition coefficient (Wildman–Crippen LogP) is 3.09. The van der Waals surface area contributed by atoms with E-state index in [4.69, 9.17) is 10.8 Å². The molecule has 0 aromatic heterocycles. The van der Waals surface area contributed by atoms with Gasteiger partial charge >= 0.3 is 5.97 Å². The molecule has 1 aromatic carbocycles. The van der Waals surface area contributed by atoms with E-state index in [1.807, 2.05) is 12.1 Å². The molecule has 1 aliphatic rings. The number of benzene rings is 1. The Labute approximate surface area is 113 Å². The Morgan fingerprint density at radius 2 is 1.78 bits per heavy atom. The Kier molecular flexibility index (Phi) is 5.38. The maximum Gasteiger partial charge on any atom is 0.335 e. The fourth-order valence-electron chi connectivity index (χ4n) is 2.11. The molecule has 1 aliphatic carbocycles. The van der Waals surface area contributed by atoms with E-state index < -0.39 is 5.97 Å². The first-order valence-electron chi connectivity index (χ1n) is 5.93. The Bertz CT molecular complexity index is 430. The van der Waals surface area contributed by atoms with E-state index in [1.165, 1.54) is 5.57 Å². The maximum atomic E-state index is 10.7. The zero-order valence-corrected chi connectivity index (χ0v) is 11.0. The molecule has 3 nitrogen and oxygen atoms in total. The van der Waals surface area contributed by atoms with Crippen molar-refractivity contribution >= 4 is 24.5 Å². The van der Waals surface area contributed by atoms with E-state index in [2.05, 4.69) is 6.08 Å². The van der Waals surface area contributed by atoms with Gasteiger partial charge < -0.3 is 10.8 Å². The van der Waals surface area contributed by atoms with Crippen LogP contribution in [0.4, 0.5) is 0 Å². The summed E-state index contributed by atoms with van der Waals surface area (Å²) >= 11 is 0. The molecule has 0 spiro atoms. The molecule has 0 atom stereocenters. The fourth-order valence-corrected chi connectivity index (χ4v) is 2.11. The number of carboxylic acids is 1. The zero-order valence-electron chi connectivity index (χ0n) is 10.1. The molecule has 0 saturated heterocycles. The third-order valence-electron chi connectivity index (χ3n) is 3.20. The third-order valence-corrected chi connectivity index (χ3v) is 3.20. The first-order valence-corrected chi connectivity index (χ1v) is 5.93. The average Bonchev–Trinajstić information content (AvgIpc) is 2.33. The van der Waals surface area contributed by atoms with Crippen LogP contribution >= 0.6 is 12.4 Å². The van der Waals surface area contributed by atoms with Crippen molar-refractivity contribution in [1.29, 1.82) is 0 Å². The van der Waals surface area contributed by atoms with Crippen molar-refractivity contribution in [3.63, 3.8) is 0 Å². The molecule has 0 aliphatic heterocycles. The van der Waals surface area contributed by atoms with Crippen molar-refractivity contribution in [2.75, 3.05) is 0 Å². The van der Waals surface area contributed by atoms with Gasteiger partial charge in [-0.25, -0.2) is 4.79 Å². The molecule has 3 N–H and O–H groups in total. The first-order chi connectivity index (χ1) is 8.15. The number of hydrogen-bond donors (Lipinski definition) is 2. The van der Waals surface area contributed by atoms with E-state index in [0.29, 0.717) is 11.6 Å². The summed E-state index contributed by atoms with van der Waals surface area (Å²) in [5.74, 6) is -0.882. The molecule has 0 bridgehead atoms. The molecule has 18 heavy (non-hydrogen) atoms. The van der Waals surface area contributed by atoms with E-state index in [-0.39, 0.29) is 12.4 Å². The van der Waals surface area contributed by atoms with Crippen molar-refractivity contribution in [2.45, 2.75) is 31.7 Å². The van der Waals surface area contributed by atoms with E-state index in [9.17, 15) is 4.79 Å². The molecule has 0 radical (unpaired) electrons. The molecule has 0 heterocycles. The van der Waals surface area contributed by atoms with Gasteiger partial charge in [-0.3, -0.25) is 0 Å². The summed E-state index contributed by atoms with van der Waals surface area (Å²) in [6, 6.07) is 7.34. The van der Waals surface area contributed by atoms with Crippen LogP contribution in [0.1, 0.15) is 41.6 Å². The SMILES string of the molecule is Cl.NC1CCC(=Cc2ccc(C(=O)O)cc2)CC1. The Hall–Kier alpha value is -1.32. The van der Waals surface area contributed by atoms with Crippen LogP contribution in [0.3, 0.4) is 0 Å². The minimum Gasteiger partial charge on any atom is -0.478 e. The first kappa shape index (κ1) is 14.7. The van der Waals surface area contributed by atoms with Crippen LogP contribution in [-0.2, 0) is 0 Å². The molecule has 0 unspecified atom stereocenters. The number of carbonyl (C=O) groups is 1. The quantitative estimate of drug-likeness (QED) is 0.865. The van der Waals surface area contributed by atoms with Gasteiger partial charge in [0.05, 0.1) is 5.56 Å². The van der Waals surface area contributed by atoms with E-state index >= 15 is 0 Å². The van der Waals surface area contributed by atoms with Crippen LogP contribution in [0.5, 0.6) is 0 Å². The van der Waals surface area contributed by atoms with Gasteiger partial charge in [0, 0.05) is 6.04 Å². The summed E-state index contributed by atoms with van der Waals surface area (Å²) in [4.78, 5) is 10.7. The molecule has 2 rings (SSSR count). The van der Waals surface area contributed by atoms with Gasteiger partial charge in [0.25, 0.3) is 0 Å². The van der Waals surface area contributed by atoms with Gasteiger partial charge in [0.1, 0.15) is 0 Å². The standard InChI is InChI=1S/C14H17NO2.ClH/c15-13-7-3-11(4-8-13)9-10-1-5-12(6-2-10)14(16)17;/h1-2,5-6,9,13H,3-4,7-8,15H2,(H,16,17);1H.